The highest BCUT2D eigenvalue weighted by atomic mass is 16.8. The minimum absolute atomic E-state index is 0.229. The Morgan fingerprint density at radius 3 is 2.70 bits per heavy atom. The smallest absolute Gasteiger partial charge is 0.303 e. The Bertz CT molecular complexity index is 837. The molecule has 0 unspecified atom stereocenters. The first-order valence-corrected chi connectivity index (χ1v) is 8.93. The maximum atomic E-state index is 11.8. The molecule has 0 radical (unpaired) electrons. The van der Waals surface area contributed by atoms with Gasteiger partial charge in [-0.1, -0.05) is 18.2 Å². The van der Waals surface area contributed by atoms with E-state index in [2.05, 4.69) is 10.2 Å². The van der Waals surface area contributed by atoms with Crippen LogP contribution < -0.4 is 0 Å². The molecular weight excluding hydrogens is 350 g/mol. The lowest BCUT2D eigenvalue weighted by Crippen LogP contribution is -2.47. The molecule has 8 nitrogen and oxygen atoms in total. The van der Waals surface area contributed by atoms with Gasteiger partial charge in [0, 0.05) is 6.92 Å². The Morgan fingerprint density at radius 1 is 1.26 bits per heavy atom. The Morgan fingerprint density at radius 2 is 2.00 bits per heavy atom. The van der Waals surface area contributed by atoms with Crippen molar-refractivity contribution < 1.29 is 23.7 Å². The minimum atomic E-state index is -0.943. The lowest BCUT2D eigenvalue weighted by Gasteiger charge is -2.35. The van der Waals surface area contributed by atoms with Gasteiger partial charge in [0.2, 0.25) is 0 Å². The zero-order valence-corrected chi connectivity index (χ0v) is 15.8. The van der Waals surface area contributed by atoms with Gasteiger partial charge in [0.25, 0.3) is 0 Å². The highest BCUT2D eigenvalue weighted by Gasteiger charge is 2.61. The lowest BCUT2D eigenvalue weighted by atomic mass is 9.89. The number of rotatable bonds is 4. The van der Waals surface area contributed by atoms with E-state index >= 15 is 0 Å². The summed E-state index contributed by atoms with van der Waals surface area (Å²) in [6.07, 6.45) is 0.189. The molecule has 2 saturated heterocycles. The molecule has 0 bridgehead atoms. The van der Waals surface area contributed by atoms with Gasteiger partial charge in [0.05, 0.1) is 18.5 Å². The quantitative estimate of drug-likeness (QED) is 0.760. The SMILES string of the molecule is CC(=O)O[C@H](c1cnn(-c2ccccc2)n1)[C@@]1(C)OC[C@H]2OC(C)(C)O[C@H]21. The summed E-state index contributed by atoms with van der Waals surface area (Å²) in [7, 11) is 0. The van der Waals surface area contributed by atoms with Gasteiger partial charge in [0.1, 0.15) is 23.5 Å². The first kappa shape index (κ1) is 18.1. The number of esters is 1. The van der Waals surface area contributed by atoms with Crippen LogP contribution in [0.2, 0.25) is 0 Å². The van der Waals surface area contributed by atoms with E-state index in [1.807, 2.05) is 51.1 Å². The summed E-state index contributed by atoms with van der Waals surface area (Å²) in [6, 6.07) is 9.51. The largest absolute Gasteiger partial charge is 0.453 e. The molecule has 8 heteroatoms. The molecule has 27 heavy (non-hydrogen) atoms. The van der Waals surface area contributed by atoms with Crippen molar-refractivity contribution in [3.63, 3.8) is 0 Å². The number of aromatic nitrogens is 3. The second-order valence-electron chi connectivity index (χ2n) is 7.47. The van der Waals surface area contributed by atoms with Crippen LogP contribution in [0.4, 0.5) is 0 Å². The number of ether oxygens (including phenoxy) is 4. The maximum absolute atomic E-state index is 11.8. The van der Waals surface area contributed by atoms with Crippen LogP contribution >= 0.6 is 0 Å². The molecule has 0 saturated carbocycles. The summed E-state index contributed by atoms with van der Waals surface area (Å²) in [5.74, 6) is -1.15. The molecule has 1 aromatic heterocycles. The average molecular weight is 373 g/mol. The molecule has 3 heterocycles. The van der Waals surface area contributed by atoms with Gasteiger partial charge in [-0.2, -0.15) is 9.90 Å². The van der Waals surface area contributed by atoms with E-state index in [0.29, 0.717) is 12.3 Å². The highest BCUT2D eigenvalue weighted by molar-refractivity contribution is 5.66. The van der Waals surface area contributed by atoms with Crippen molar-refractivity contribution in [1.82, 2.24) is 15.0 Å². The number of carbonyl (C=O) groups is 1. The van der Waals surface area contributed by atoms with E-state index < -0.39 is 29.6 Å². The summed E-state index contributed by atoms with van der Waals surface area (Å²) in [5, 5.41) is 8.84. The molecule has 2 aromatic rings. The molecule has 1 aromatic carbocycles. The summed E-state index contributed by atoms with van der Waals surface area (Å²) in [6.45, 7) is 7.30. The van der Waals surface area contributed by atoms with Crippen LogP contribution in [0.1, 0.15) is 39.5 Å². The average Bonchev–Trinajstić information content (AvgIpc) is 3.29. The Labute approximate surface area is 157 Å². The van der Waals surface area contributed by atoms with E-state index in [4.69, 9.17) is 18.9 Å². The molecule has 2 aliphatic heterocycles. The Balaban J connectivity index is 1.68. The van der Waals surface area contributed by atoms with Crippen LogP contribution in [0, 0.1) is 0 Å². The van der Waals surface area contributed by atoms with E-state index in [1.54, 1.807) is 6.20 Å². The zero-order valence-electron chi connectivity index (χ0n) is 15.8. The monoisotopic (exact) mass is 373 g/mol. The fraction of sp³-hybridized carbons (Fsp3) is 0.526. The predicted octanol–water partition coefficient (Wildman–Crippen LogP) is 2.18. The van der Waals surface area contributed by atoms with Crippen molar-refractivity contribution in [2.45, 2.75) is 57.4 Å². The van der Waals surface area contributed by atoms with Crippen molar-refractivity contribution in [3.8, 4) is 5.69 Å². The fourth-order valence-electron chi connectivity index (χ4n) is 3.73. The third-order valence-corrected chi connectivity index (χ3v) is 4.88. The van der Waals surface area contributed by atoms with E-state index in [-0.39, 0.29) is 6.10 Å². The lowest BCUT2D eigenvalue weighted by molar-refractivity contribution is -0.217. The van der Waals surface area contributed by atoms with Gasteiger partial charge in [-0.05, 0) is 32.9 Å². The summed E-state index contributed by atoms with van der Waals surface area (Å²) in [5.41, 5.74) is 0.356. The summed E-state index contributed by atoms with van der Waals surface area (Å²) in [4.78, 5) is 13.3. The molecule has 0 aliphatic carbocycles. The molecule has 0 N–H and O–H groups in total. The molecule has 2 aliphatic rings. The maximum Gasteiger partial charge on any atom is 0.303 e. The first-order valence-electron chi connectivity index (χ1n) is 8.93. The molecule has 0 spiro atoms. The van der Waals surface area contributed by atoms with Gasteiger partial charge >= 0.3 is 5.97 Å². The first-order chi connectivity index (χ1) is 12.8. The molecule has 144 valence electrons. The highest BCUT2D eigenvalue weighted by Crippen LogP contribution is 2.47. The number of hydrogen-bond acceptors (Lipinski definition) is 7. The van der Waals surface area contributed by atoms with Gasteiger partial charge in [-0.25, -0.2) is 0 Å². The fourth-order valence-corrected chi connectivity index (χ4v) is 3.73. The van der Waals surface area contributed by atoms with Crippen LogP contribution in [-0.2, 0) is 23.7 Å². The number of para-hydroxylation sites is 1. The molecular formula is C19H23N3O5. The number of hydrogen-bond donors (Lipinski definition) is 0. The number of fused-ring (bicyclic) bond motifs is 1. The third kappa shape index (κ3) is 3.24. The van der Waals surface area contributed by atoms with Crippen LogP contribution in [0.15, 0.2) is 36.5 Å². The van der Waals surface area contributed by atoms with Crippen molar-refractivity contribution in [3.05, 3.63) is 42.2 Å². The number of nitrogens with zero attached hydrogens (tertiary/aromatic N) is 3. The predicted molar refractivity (Wildman–Crippen MR) is 94.0 cm³/mol. The van der Waals surface area contributed by atoms with Crippen molar-refractivity contribution >= 4 is 5.97 Å². The summed E-state index contributed by atoms with van der Waals surface area (Å²) >= 11 is 0. The Kier molecular flexibility index (Phi) is 4.29. The molecule has 0 amide bonds. The standard InChI is InChI=1S/C19H23N3O5/c1-12(23)25-16(14-10-20-22(21-14)13-8-6-5-7-9-13)19(4)17-15(11-24-19)26-18(2,3)27-17/h5-10,15-17H,11H2,1-4H3/t15-,16-,17-,19-/m1/s1. The van der Waals surface area contributed by atoms with E-state index in [1.165, 1.54) is 11.7 Å². The van der Waals surface area contributed by atoms with Gasteiger partial charge in [0.15, 0.2) is 11.9 Å². The third-order valence-electron chi connectivity index (χ3n) is 4.88. The van der Waals surface area contributed by atoms with Crippen LogP contribution in [-0.4, -0.2) is 51.2 Å². The molecule has 4 rings (SSSR count). The zero-order chi connectivity index (χ0) is 19.2. The van der Waals surface area contributed by atoms with E-state index in [0.717, 1.165) is 5.69 Å². The number of benzene rings is 1. The topological polar surface area (TPSA) is 84.7 Å². The van der Waals surface area contributed by atoms with E-state index in [9.17, 15) is 4.79 Å². The van der Waals surface area contributed by atoms with Crippen molar-refractivity contribution in [2.75, 3.05) is 6.61 Å². The Hall–Kier alpha value is -2.29. The van der Waals surface area contributed by atoms with Gasteiger partial charge in [-0.3, -0.25) is 4.79 Å². The second kappa shape index (κ2) is 6.40. The van der Waals surface area contributed by atoms with Crippen LogP contribution in [0.25, 0.3) is 5.69 Å². The van der Waals surface area contributed by atoms with Gasteiger partial charge < -0.3 is 18.9 Å². The van der Waals surface area contributed by atoms with Crippen LogP contribution in [0.5, 0.6) is 0 Å². The number of carbonyl (C=O) groups excluding carboxylic acids is 1. The normalized spacial score (nSPS) is 30.1. The summed E-state index contributed by atoms with van der Waals surface area (Å²) < 4.78 is 23.6. The van der Waals surface area contributed by atoms with Crippen LogP contribution in [0.3, 0.4) is 0 Å². The molecule has 4 atom stereocenters. The second-order valence-corrected chi connectivity index (χ2v) is 7.47. The van der Waals surface area contributed by atoms with Crippen molar-refractivity contribution in [1.29, 1.82) is 0 Å². The minimum Gasteiger partial charge on any atom is -0.453 e. The van der Waals surface area contributed by atoms with Gasteiger partial charge in [-0.15, -0.1) is 5.10 Å². The van der Waals surface area contributed by atoms with Crippen molar-refractivity contribution in [2.24, 2.45) is 0 Å². The molecule has 2 fully saturated rings.